The second-order valence-corrected chi connectivity index (χ2v) is 6.36. The fourth-order valence-corrected chi connectivity index (χ4v) is 3.26. The molecule has 1 aliphatic rings. The van der Waals surface area contributed by atoms with Gasteiger partial charge in [-0.2, -0.15) is 0 Å². The van der Waals surface area contributed by atoms with Crippen molar-refractivity contribution in [1.29, 1.82) is 0 Å². The molecule has 0 saturated carbocycles. The Bertz CT molecular complexity index is 699. The number of fused-ring (bicyclic) bond motifs is 1. The maximum atomic E-state index is 12.6. The molecule has 0 radical (unpaired) electrons. The van der Waals surface area contributed by atoms with Gasteiger partial charge in [0.1, 0.15) is 5.75 Å². The maximum Gasteiger partial charge on any atom is 0.254 e. The van der Waals surface area contributed by atoms with Crippen LogP contribution in [0.2, 0.25) is 0 Å². The van der Waals surface area contributed by atoms with Crippen LogP contribution < -0.4 is 4.74 Å². The predicted molar refractivity (Wildman–Crippen MR) is 90.4 cm³/mol. The molecule has 4 heteroatoms. The number of hydrogen-bond donors (Lipinski definition) is 0. The summed E-state index contributed by atoms with van der Waals surface area (Å²) in [5, 5.41) is 0. The molecule has 0 aliphatic carbocycles. The molecular formula is C18H18BrNO2. The number of hydrogen-bond acceptors (Lipinski definition) is 2. The number of ether oxygens (including phenoxy) is 1. The first-order valence-electron chi connectivity index (χ1n) is 7.38. The third-order valence-corrected chi connectivity index (χ3v) is 4.53. The van der Waals surface area contributed by atoms with Crippen LogP contribution in [0.5, 0.6) is 5.75 Å². The highest BCUT2D eigenvalue weighted by Gasteiger charge is 2.24. The molecular weight excluding hydrogens is 342 g/mol. The second kappa shape index (κ2) is 6.53. The zero-order valence-electron chi connectivity index (χ0n) is 12.5. The minimum Gasteiger partial charge on any atom is -0.497 e. The molecule has 0 bridgehead atoms. The number of methoxy groups -OCH3 is 1. The largest absolute Gasteiger partial charge is 0.497 e. The molecule has 0 fully saturated rings. The standard InChI is InChI=1S/C18H18BrNO2/c1-22-16-5-6-17-14(12-16)8-10-20(18(17)21)9-7-13-3-2-4-15(19)11-13/h2-6,11-12H,7-10H2,1H3. The van der Waals surface area contributed by atoms with Crippen molar-refractivity contribution in [3.63, 3.8) is 0 Å². The Morgan fingerprint density at radius 1 is 1.23 bits per heavy atom. The highest BCUT2D eigenvalue weighted by atomic mass is 79.9. The van der Waals surface area contributed by atoms with E-state index < -0.39 is 0 Å². The Hall–Kier alpha value is -1.81. The molecule has 3 nitrogen and oxygen atoms in total. The lowest BCUT2D eigenvalue weighted by molar-refractivity contribution is 0.0741. The molecule has 0 unspecified atom stereocenters. The van der Waals surface area contributed by atoms with Crippen LogP contribution in [0, 0.1) is 0 Å². The highest BCUT2D eigenvalue weighted by Crippen LogP contribution is 2.24. The van der Waals surface area contributed by atoms with Crippen LogP contribution in [0.3, 0.4) is 0 Å². The molecule has 0 saturated heterocycles. The Morgan fingerprint density at radius 3 is 2.86 bits per heavy atom. The number of benzene rings is 2. The first-order valence-corrected chi connectivity index (χ1v) is 8.17. The maximum absolute atomic E-state index is 12.6. The third kappa shape index (κ3) is 3.17. The Balaban J connectivity index is 1.70. The summed E-state index contributed by atoms with van der Waals surface area (Å²) < 4.78 is 6.31. The SMILES string of the molecule is COc1ccc2c(c1)CCN(CCc1cccc(Br)c1)C2=O. The van der Waals surface area contributed by atoms with Gasteiger partial charge in [-0.3, -0.25) is 4.79 Å². The molecule has 1 amide bonds. The van der Waals surface area contributed by atoms with Gasteiger partial charge in [-0.15, -0.1) is 0 Å². The average molecular weight is 360 g/mol. The Labute approximate surface area is 139 Å². The number of rotatable bonds is 4. The zero-order valence-corrected chi connectivity index (χ0v) is 14.1. The third-order valence-electron chi connectivity index (χ3n) is 4.04. The lowest BCUT2D eigenvalue weighted by Crippen LogP contribution is -2.38. The lowest BCUT2D eigenvalue weighted by atomic mass is 9.98. The molecule has 0 N–H and O–H groups in total. The fourth-order valence-electron chi connectivity index (χ4n) is 2.81. The van der Waals surface area contributed by atoms with E-state index in [1.54, 1.807) is 7.11 Å². The van der Waals surface area contributed by atoms with Crippen LogP contribution in [0.4, 0.5) is 0 Å². The number of halogens is 1. The van der Waals surface area contributed by atoms with Crippen molar-refractivity contribution in [3.8, 4) is 5.75 Å². The van der Waals surface area contributed by atoms with Gasteiger partial charge in [0.05, 0.1) is 7.11 Å². The van der Waals surface area contributed by atoms with Crippen LogP contribution in [0.1, 0.15) is 21.5 Å². The number of amides is 1. The van der Waals surface area contributed by atoms with E-state index in [1.807, 2.05) is 35.2 Å². The second-order valence-electron chi connectivity index (χ2n) is 5.45. The number of carbonyl (C=O) groups is 1. The van der Waals surface area contributed by atoms with E-state index in [1.165, 1.54) is 5.56 Å². The van der Waals surface area contributed by atoms with Crippen LogP contribution in [-0.4, -0.2) is 31.0 Å². The summed E-state index contributed by atoms with van der Waals surface area (Å²) in [6.45, 7) is 1.52. The van der Waals surface area contributed by atoms with Crippen LogP contribution in [0.15, 0.2) is 46.9 Å². The van der Waals surface area contributed by atoms with Crippen molar-refractivity contribution in [3.05, 3.63) is 63.6 Å². The smallest absolute Gasteiger partial charge is 0.254 e. The molecule has 114 valence electrons. The first kappa shape index (κ1) is 15.1. The Kier molecular flexibility index (Phi) is 4.48. The van der Waals surface area contributed by atoms with Gasteiger partial charge >= 0.3 is 0 Å². The molecule has 0 atom stereocenters. The molecule has 2 aromatic carbocycles. The van der Waals surface area contributed by atoms with E-state index in [9.17, 15) is 4.79 Å². The van der Waals surface area contributed by atoms with Gasteiger partial charge < -0.3 is 9.64 Å². The molecule has 0 aromatic heterocycles. The first-order chi connectivity index (χ1) is 10.7. The van der Waals surface area contributed by atoms with Crippen molar-refractivity contribution in [2.45, 2.75) is 12.8 Å². The van der Waals surface area contributed by atoms with Crippen LogP contribution in [-0.2, 0) is 12.8 Å². The van der Waals surface area contributed by atoms with E-state index >= 15 is 0 Å². The summed E-state index contributed by atoms with van der Waals surface area (Å²) in [5.74, 6) is 0.938. The summed E-state index contributed by atoms with van der Waals surface area (Å²) in [5.41, 5.74) is 3.13. The van der Waals surface area contributed by atoms with Gasteiger partial charge in [0.15, 0.2) is 0 Å². The molecule has 1 heterocycles. The van der Waals surface area contributed by atoms with Gasteiger partial charge in [0.2, 0.25) is 0 Å². The minimum absolute atomic E-state index is 0.124. The van der Waals surface area contributed by atoms with E-state index in [2.05, 4.69) is 28.1 Å². The summed E-state index contributed by atoms with van der Waals surface area (Å²) >= 11 is 3.48. The van der Waals surface area contributed by atoms with Crippen molar-refractivity contribution in [2.75, 3.05) is 20.2 Å². The molecule has 2 aromatic rings. The number of nitrogens with zero attached hydrogens (tertiary/aromatic N) is 1. The van der Waals surface area contributed by atoms with Gasteiger partial charge in [-0.1, -0.05) is 28.1 Å². The van der Waals surface area contributed by atoms with Crippen molar-refractivity contribution >= 4 is 21.8 Å². The molecule has 0 spiro atoms. The molecule has 1 aliphatic heterocycles. The lowest BCUT2D eigenvalue weighted by Gasteiger charge is -2.29. The van der Waals surface area contributed by atoms with Crippen LogP contribution >= 0.6 is 15.9 Å². The summed E-state index contributed by atoms with van der Waals surface area (Å²) in [7, 11) is 1.65. The highest BCUT2D eigenvalue weighted by molar-refractivity contribution is 9.10. The van der Waals surface area contributed by atoms with E-state index in [4.69, 9.17) is 4.74 Å². The number of carbonyl (C=O) groups excluding carboxylic acids is 1. The minimum atomic E-state index is 0.124. The van der Waals surface area contributed by atoms with Crippen LogP contribution in [0.25, 0.3) is 0 Å². The quantitative estimate of drug-likeness (QED) is 0.832. The molecule has 22 heavy (non-hydrogen) atoms. The Morgan fingerprint density at radius 2 is 2.09 bits per heavy atom. The molecule has 3 rings (SSSR count). The van der Waals surface area contributed by atoms with E-state index in [0.717, 1.165) is 47.3 Å². The predicted octanol–water partition coefficient (Wildman–Crippen LogP) is 3.70. The van der Waals surface area contributed by atoms with Crippen molar-refractivity contribution in [1.82, 2.24) is 4.90 Å². The summed E-state index contributed by atoms with van der Waals surface area (Å²) in [4.78, 5) is 14.5. The topological polar surface area (TPSA) is 29.5 Å². The van der Waals surface area contributed by atoms with Crippen molar-refractivity contribution in [2.24, 2.45) is 0 Å². The van der Waals surface area contributed by atoms with Gasteiger partial charge in [0, 0.05) is 23.1 Å². The van der Waals surface area contributed by atoms with Crippen molar-refractivity contribution < 1.29 is 9.53 Å². The van der Waals surface area contributed by atoms with E-state index in [-0.39, 0.29) is 5.91 Å². The summed E-state index contributed by atoms with van der Waals surface area (Å²) in [6, 6.07) is 13.9. The monoisotopic (exact) mass is 359 g/mol. The average Bonchev–Trinajstić information content (AvgIpc) is 2.54. The van der Waals surface area contributed by atoms with Gasteiger partial charge in [-0.25, -0.2) is 0 Å². The normalized spacial score (nSPS) is 13.9. The van der Waals surface area contributed by atoms with E-state index in [0.29, 0.717) is 0 Å². The summed E-state index contributed by atoms with van der Waals surface area (Å²) in [6.07, 6.45) is 1.76. The zero-order chi connectivity index (χ0) is 15.5. The van der Waals surface area contributed by atoms with Gasteiger partial charge in [0.25, 0.3) is 5.91 Å². The fraction of sp³-hybridized carbons (Fsp3) is 0.278. The van der Waals surface area contributed by atoms with Gasteiger partial charge in [-0.05, 0) is 54.3 Å².